The Hall–Kier alpha value is -3.87. The van der Waals surface area contributed by atoms with E-state index >= 15 is 0 Å². The third kappa shape index (κ3) is 4.35. The molecule has 0 radical (unpaired) electrons. The lowest BCUT2D eigenvalue weighted by Crippen LogP contribution is -2.54. The van der Waals surface area contributed by atoms with E-state index in [1.165, 1.54) is 6.08 Å². The van der Waals surface area contributed by atoms with E-state index in [1.807, 2.05) is 12.1 Å². The molecule has 4 amide bonds. The van der Waals surface area contributed by atoms with Gasteiger partial charge in [-0.15, -0.1) is 0 Å². The summed E-state index contributed by atoms with van der Waals surface area (Å²) in [5, 5.41) is 2.19. The molecule has 1 aliphatic heterocycles. The van der Waals surface area contributed by atoms with Crippen molar-refractivity contribution in [2.24, 2.45) is 0 Å². The predicted octanol–water partition coefficient (Wildman–Crippen LogP) is 3.32. The Morgan fingerprint density at radius 2 is 1.76 bits per heavy atom. The molecule has 0 saturated carbocycles. The first kappa shape index (κ1) is 19.9. The summed E-state index contributed by atoms with van der Waals surface area (Å²) in [7, 11) is 1.58. The van der Waals surface area contributed by atoms with Crippen LogP contribution in [0.4, 0.5) is 10.5 Å². The van der Waals surface area contributed by atoms with E-state index in [-0.39, 0.29) is 11.3 Å². The van der Waals surface area contributed by atoms with Crippen LogP contribution in [0.25, 0.3) is 6.08 Å². The molecule has 0 unspecified atom stereocenters. The topological polar surface area (TPSA) is 84.9 Å². The van der Waals surface area contributed by atoms with E-state index in [4.69, 9.17) is 9.47 Å². The lowest BCUT2D eigenvalue weighted by molar-refractivity contribution is -0.122. The molecule has 1 saturated heterocycles. The van der Waals surface area contributed by atoms with Crippen LogP contribution < -0.4 is 19.7 Å². The van der Waals surface area contributed by atoms with Gasteiger partial charge < -0.3 is 9.47 Å². The lowest BCUT2D eigenvalue weighted by atomic mass is 10.1. The van der Waals surface area contributed by atoms with Crippen molar-refractivity contribution in [3.8, 4) is 11.5 Å². The number of barbiturate groups is 1. The first-order valence-electron chi connectivity index (χ1n) is 8.99. The van der Waals surface area contributed by atoms with Gasteiger partial charge in [-0.05, 0) is 42.8 Å². The van der Waals surface area contributed by atoms with E-state index < -0.39 is 17.8 Å². The Bertz CT molecular complexity index is 993. The molecule has 0 spiro atoms. The van der Waals surface area contributed by atoms with Crippen molar-refractivity contribution in [2.75, 3.05) is 18.6 Å². The maximum atomic E-state index is 12.9. The van der Waals surface area contributed by atoms with Crippen LogP contribution in [0.15, 0.2) is 66.3 Å². The molecule has 3 rings (SSSR count). The number of urea groups is 1. The van der Waals surface area contributed by atoms with Crippen LogP contribution in [0, 0.1) is 0 Å². The number of methoxy groups -OCH3 is 1. The highest BCUT2D eigenvalue weighted by Gasteiger charge is 2.37. The average molecular weight is 392 g/mol. The van der Waals surface area contributed by atoms with E-state index in [0.29, 0.717) is 12.4 Å². The van der Waals surface area contributed by atoms with Crippen molar-refractivity contribution >= 4 is 29.6 Å². The Balaban J connectivity index is 1.88. The second-order valence-corrected chi connectivity index (χ2v) is 6.01. The number of rotatable bonds is 6. The minimum atomic E-state index is -0.816. The van der Waals surface area contributed by atoms with Crippen molar-refractivity contribution in [3.63, 3.8) is 0 Å². The number of hydrogen-bond donors (Lipinski definition) is 1. The molecule has 0 aliphatic carbocycles. The van der Waals surface area contributed by atoms with Gasteiger partial charge >= 0.3 is 6.03 Å². The second kappa shape index (κ2) is 8.88. The largest absolute Gasteiger partial charge is 0.497 e. The van der Waals surface area contributed by atoms with Gasteiger partial charge in [-0.2, -0.15) is 0 Å². The SMILES string of the molecule is CCOc1ccccc1N1C(=O)NC(=O)/C(=C\C=C\c2ccc(OC)cc2)C1=O. The van der Waals surface area contributed by atoms with Crippen LogP contribution in [-0.4, -0.2) is 31.6 Å². The third-order valence-corrected chi connectivity index (χ3v) is 4.18. The molecular weight excluding hydrogens is 372 g/mol. The number of ether oxygens (including phenoxy) is 2. The van der Waals surface area contributed by atoms with E-state index in [2.05, 4.69) is 5.32 Å². The number of nitrogens with zero attached hydrogens (tertiary/aromatic N) is 1. The molecule has 7 nitrogen and oxygen atoms in total. The maximum absolute atomic E-state index is 12.9. The third-order valence-electron chi connectivity index (χ3n) is 4.18. The average Bonchev–Trinajstić information content (AvgIpc) is 2.72. The Kier molecular flexibility index (Phi) is 6.09. The number of allylic oxidation sites excluding steroid dienone is 2. The molecule has 2 aromatic carbocycles. The smallest absolute Gasteiger partial charge is 0.336 e. The zero-order valence-electron chi connectivity index (χ0n) is 16.0. The molecule has 2 aromatic rings. The number of carbonyl (C=O) groups excluding carboxylic acids is 3. The molecule has 0 atom stereocenters. The summed E-state index contributed by atoms with van der Waals surface area (Å²) in [6, 6.07) is 13.1. The Morgan fingerprint density at radius 3 is 2.45 bits per heavy atom. The zero-order valence-corrected chi connectivity index (χ0v) is 16.0. The molecule has 29 heavy (non-hydrogen) atoms. The number of para-hydroxylation sites is 2. The fourth-order valence-electron chi connectivity index (χ4n) is 2.79. The van der Waals surface area contributed by atoms with Crippen LogP contribution in [0.2, 0.25) is 0 Å². The first-order valence-corrected chi connectivity index (χ1v) is 8.99. The van der Waals surface area contributed by atoms with Gasteiger partial charge in [-0.1, -0.05) is 36.4 Å². The fourth-order valence-corrected chi connectivity index (χ4v) is 2.79. The minimum absolute atomic E-state index is 0.152. The van der Waals surface area contributed by atoms with Gasteiger partial charge in [0.2, 0.25) is 0 Å². The number of carbonyl (C=O) groups is 3. The van der Waals surface area contributed by atoms with Gasteiger partial charge in [0.1, 0.15) is 17.1 Å². The van der Waals surface area contributed by atoms with E-state index in [0.717, 1.165) is 16.2 Å². The standard InChI is InChI=1S/C22H20N2O5/c1-3-29-19-10-5-4-9-18(19)24-21(26)17(20(25)23-22(24)27)8-6-7-15-11-13-16(28-2)14-12-15/h4-14H,3H2,1-2H3,(H,23,25,27)/b7-6+,17-8+. The maximum Gasteiger partial charge on any atom is 0.336 e. The zero-order chi connectivity index (χ0) is 20.8. The molecule has 1 N–H and O–H groups in total. The molecule has 1 fully saturated rings. The number of anilines is 1. The van der Waals surface area contributed by atoms with E-state index in [1.54, 1.807) is 62.6 Å². The first-order chi connectivity index (χ1) is 14.0. The van der Waals surface area contributed by atoms with Gasteiger partial charge in [-0.3, -0.25) is 14.9 Å². The summed E-state index contributed by atoms with van der Waals surface area (Å²) in [6.45, 7) is 2.17. The highest BCUT2D eigenvalue weighted by molar-refractivity contribution is 6.38. The Morgan fingerprint density at radius 1 is 1.03 bits per heavy atom. The molecule has 0 bridgehead atoms. The summed E-state index contributed by atoms with van der Waals surface area (Å²) >= 11 is 0. The van der Waals surface area contributed by atoms with Crippen molar-refractivity contribution in [1.29, 1.82) is 0 Å². The molecule has 0 aromatic heterocycles. The summed E-state index contributed by atoms with van der Waals surface area (Å²) in [5.74, 6) is -0.361. The van der Waals surface area contributed by atoms with Crippen molar-refractivity contribution < 1.29 is 23.9 Å². The van der Waals surface area contributed by atoms with Crippen molar-refractivity contribution in [2.45, 2.75) is 6.92 Å². The van der Waals surface area contributed by atoms with Crippen LogP contribution in [0.1, 0.15) is 12.5 Å². The van der Waals surface area contributed by atoms with Crippen LogP contribution in [-0.2, 0) is 9.59 Å². The number of nitrogens with one attached hydrogen (secondary N) is 1. The predicted molar refractivity (Wildman–Crippen MR) is 109 cm³/mol. The van der Waals surface area contributed by atoms with Gasteiger partial charge in [0.25, 0.3) is 11.8 Å². The van der Waals surface area contributed by atoms with E-state index in [9.17, 15) is 14.4 Å². The van der Waals surface area contributed by atoms with Gasteiger partial charge in [0.15, 0.2) is 0 Å². The molecule has 148 valence electrons. The lowest BCUT2D eigenvalue weighted by Gasteiger charge is -2.27. The summed E-state index contributed by atoms with van der Waals surface area (Å²) in [5.41, 5.74) is 0.982. The van der Waals surface area contributed by atoms with Crippen molar-refractivity contribution in [1.82, 2.24) is 5.32 Å². The van der Waals surface area contributed by atoms with Crippen LogP contribution in [0.5, 0.6) is 11.5 Å². The number of imide groups is 2. The van der Waals surface area contributed by atoms with Crippen LogP contribution in [0.3, 0.4) is 0 Å². The van der Waals surface area contributed by atoms with Gasteiger partial charge in [0.05, 0.1) is 19.4 Å². The number of amides is 4. The summed E-state index contributed by atoms with van der Waals surface area (Å²) < 4.78 is 10.6. The molecule has 7 heteroatoms. The fraction of sp³-hybridized carbons (Fsp3) is 0.136. The second-order valence-electron chi connectivity index (χ2n) is 6.01. The molecular formula is C22H20N2O5. The normalized spacial score (nSPS) is 15.7. The molecule has 1 aliphatic rings. The van der Waals surface area contributed by atoms with Crippen molar-refractivity contribution in [3.05, 3.63) is 71.8 Å². The summed E-state index contributed by atoms with van der Waals surface area (Å²) in [4.78, 5) is 38.3. The molecule has 1 heterocycles. The number of hydrogen-bond acceptors (Lipinski definition) is 5. The summed E-state index contributed by atoms with van der Waals surface area (Å²) in [6.07, 6.45) is 4.70. The van der Waals surface area contributed by atoms with Gasteiger partial charge in [-0.25, -0.2) is 9.69 Å². The van der Waals surface area contributed by atoms with Gasteiger partial charge in [0, 0.05) is 0 Å². The highest BCUT2D eigenvalue weighted by Crippen LogP contribution is 2.30. The monoisotopic (exact) mass is 392 g/mol. The highest BCUT2D eigenvalue weighted by atomic mass is 16.5. The Labute approximate surface area is 168 Å². The minimum Gasteiger partial charge on any atom is -0.497 e. The van der Waals surface area contributed by atoms with Crippen LogP contribution >= 0.6 is 0 Å². The number of benzene rings is 2. The quantitative estimate of drug-likeness (QED) is 0.602.